The van der Waals surface area contributed by atoms with Crippen LogP contribution in [0.4, 0.5) is 13.2 Å². The lowest BCUT2D eigenvalue weighted by atomic mass is 10.3. The van der Waals surface area contributed by atoms with E-state index in [0.29, 0.717) is 0 Å². The van der Waals surface area contributed by atoms with Gasteiger partial charge in [0.1, 0.15) is 0 Å². The monoisotopic (exact) mass is 351 g/mol. The van der Waals surface area contributed by atoms with E-state index in [1.165, 1.54) is 0 Å². The Morgan fingerprint density at radius 3 is 2.58 bits per heavy atom. The van der Waals surface area contributed by atoms with Gasteiger partial charge in [-0.05, 0) is 38.5 Å². The molecule has 0 atom stereocenters. The predicted octanol–water partition coefficient (Wildman–Crippen LogP) is 3.53. The van der Waals surface area contributed by atoms with E-state index in [4.69, 9.17) is 0 Å². The quantitative estimate of drug-likeness (QED) is 0.557. The van der Waals surface area contributed by atoms with E-state index in [1.807, 2.05) is 0 Å². The third-order valence-corrected chi connectivity index (χ3v) is 3.81. The van der Waals surface area contributed by atoms with E-state index in [2.05, 4.69) is 20.9 Å². The number of alkyl halides is 2. The Morgan fingerprint density at radius 2 is 2.08 bits per heavy atom. The van der Waals surface area contributed by atoms with Crippen molar-refractivity contribution in [1.82, 2.24) is 4.98 Å². The summed E-state index contributed by atoms with van der Waals surface area (Å²) >= 11 is 4.46. The average molecular weight is 352 g/mol. The molecule has 0 saturated carbocycles. The van der Waals surface area contributed by atoms with Gasteiger partial charge in [-0.3, -0.25) is 0 Å². The summed E-state index contributed by atoms with van der Waals surface area (Å²) in [6.07, 6.45) is -1.78. The number of pyridine rings is 1. The van der Waals surface area contributed by atoms with E-state index >= 15 is 0 Å². The maximum atomic E-state index is 12.6. The van der Waals surface area contributed by atoms with Crippen LogP contribution in [0.15, 0.2) is 10.7 Å². The first-order valence-electron chi connectivity index (χ1n) is 2.81. The third-order valence-electron chi connectivity index (χ3n) is 1.18. The van der Waals surface area contributed by atoms with Crippen LogP contribution in [0, 0.1) is 9.52 Å². The summed E-state index contributed by atoms with van der Waals surface area (Å²) < 4.78 is 37.1. The SMILES string of the molecule is Fc1ncc(C(F)F)c(I)c1Br. The fourth-order valence-electron chi connectivity index (χ4n) is 0.609. The molecule has 0 saturated heterocycles. The minimum atomic E-state index is -2.62. The minimum absolute atomic E-state index is 0.0131. The molecular formula is C6H2BrF3IN. The molecule has 66 valence electrons. The van der Waals surface area contributed by atoms with Gasteiger partial charge in [0, 0.05) is 9.77 Å². The van der Waals surface area contributed by atoms with E-state index in [1.54, 1.807) is 22.6 Å². The summed E-state index contributed by atoms with van der Waals surface area (Å²) in [7, 11) is 0. The third kappa shape index (κ3) is 1.90. The number of rotatable bonds is 1. The number of hydrogen-bond donors (Lipinski definition) is 0. The maximum Gasteiger partial charge on any atom is 0.266 e. The normalized spacial score (nSPS) is 10.8. The largest absolute Gasteiger partial charge is 0.266 e. The van der Waals surface area contributed by atoms with Crippen LogP contribution in [0.25, 0.3) is 0 Å². The molecule has 0 aliphatic heterocycles. The average Bonchev–Trinajstić information content (AvgIpc) is 2.00. The van der Waals surface area contributed by atoms with Crippen molar-refractivity contribution in [3.63, 3.8) is 0 Å². The smallest absolute Gasteiger partial charge is 0.227 e. The summed E-state index contributed by atoms with van der Waals surface area (Å²) in [4.78, 5) is 3.16. The van der Waals surface area contributed by atoms with Crippen LogP contribution in [0.3, 0.4) is 0 Å². The van der Waals surface area contributed by atoms with Crippen LogP contribution < -0.4 is 0 Å². The number of nitrogens with zero attached hydrogens (tertiary/aromatic N) is 1. The van der Waals surface area contributed by atoms with Gasteiger partial charge in [0.2, 0.25) is 5.95 Å². The van der Waals surface area contributed by atoms with Crippen molar-refractivity contribution in [2.45, 2.75) is 6.43 Å². The van der Waals surface area contributed by atoms with E-state index in [-0.39, 0.29) is 13.6 Å². The molecule has 1 rings (SSSR count). The Bertz CT molecular complexity index is 305. The number of halogens is 5. The molecular weight excluding hydrogens is 350 g/mol. The van der Waals surface area contributed by atoms with Crippen LogP contribution in [0.2, 0.25) is 0 Å². The lowest BCUT2D eigenvalue weighted by Gasteiger charge is -2.04. The first kappa shape index (κ1) is 10.2. The molecule has 1 heterocycles. The summed E-state index contributed by atoms with van der Waals surface area (Å²) in [6, 6.07) is 0. The Hall–Kier alpha value is 0.150. The second-order valence-electron chi connectivity index (χ2n) is 1.93. The highest BCUT2D eigenvalue weighted by Gasteiger charge is 2.16. The molecule has 0 bridgehead atoms. The van der Waals surface area contributed by atoms with Crippen LogP contribution in [0.1, 0.15) is 12.0 Å². The van der Waals surface area contributed by atoms with Crippen molar-refractivity contribution < 1.29 is 13.2 Å². The van der Waals surface area contributed by atoms with Crippen LogP contribution in [-0.4, -0.2) is 4.98 Å². The summed E-state index contributed by atoms with van der Waals surface area (Å²) in [5.74, 6) is -0.774. The maximum absolute atomic E-state index is 12.6. The van der Waals surface area contributed by atoms with Crippen molar-refractivity contribution in [1.29, 1.82) is 0 Å². The number of hydrogen-bond acceptors (Lipinski definition) is 1. The van der Waals surface area contributed by atoms with Gasteiger partial charge in [-0.2, -0.15) is 4.39 Å². The van der Waals surface area contributed by atoms with Gasteiger partial charge in [-0.1, -0.05) is 0 Å². The van der Waals surface area contributed by atoms with Crippen molar-refractivity contribution in [2.24, 2.45) is 0 Å². The lowest BCUT2D eigenvalue weighted by molar-refractivity contribution is 0.149. The zero-order chi connectivity index (χ0) is 9.30. The first-order chi connectivity index (χ1) is 5.54. The van der Waals surface area contributed by atoms with Crippen LogP contribution in [-0.2, 0) is 0 Å². The topological polar surface area (TPSA) is 12.9 Å². The second-order valence-corrected chi connectivity index (χ2v) is 3.80. The molecule has 0 fully saturated rings. The van der Waals surface area contributed by atoms with E-state index < -0.39 is 12.4 Å². The molecule has 0 amide bonds. The summed E-state index contributed by atoms with van der Waals surface area (Å²) in [6.45, 7) is 0. The van der Waals surface area contributed by atoms with E-state index in [9.17, 15) is 13.2 Å². The predicted molar refractivity (Wildman–Crippen MR) is 49.6 cm³/mol. The molecule has 0 aliphatic rings. The minimum Gasteiger partial charge on any atom is -0.227 e. The Labute approximate surface area is 88.6 Å². The molecule has 0 unspecified atom stereocenters. The Morgan fingerprint density at radius 1 is 1.50 bits per heavy atom. The van der Waals surface area contributed by atoms with Crippen LogP contribution in [0.5, 0.6) is 0 Å². The van der Waals surface area contributed by atoms with E-state index in [0.717, 1.165) is 6.20 Å². The lowest BCUT2D eigenvalue weighted by Crippen LogP contribution is -1.96. The van der Waals surface area contributed by atoms with Gasteiger partial charge in [0.25, 0.3) is 6.43 Å². The fraction of sp³-hybridized carbons (Fsp3) is 0.167. The second kappa shape index (κ2) is 3.91. The van der Waals surface area contributed by atoms with Crippen molar-refractivity contribution >= 4 is 38.5 Å². The standard InChI is InChI=1S/C6H2BrF3IN/c7-3-4(11)2(5(8)9)1-12-6(3)10/h1,5H. The molecule has 0 aliphatic carbocycles. The molecule has 12 heavy (non-hydrogen) atoms. The molecule has 1 aromatic rings. The highest BCUT2D eigenvalue weighted by atomic mass is 127. The van der Waals surface area contributed by atoms with Crippen molar-refractivity contribution in [3.8, 4) is 0 Å². The molecule has 1 nitrogen and oxygen atoms in total. The van der Waals surface area contributed by atoms with Gasteiger partial charge in [0.15, 0.2) is 0 Å². The van der Waals surface area contributed by atoms with Gasteiger partial charge in [-0.15, -0.1) is 0 Å². The highest BCUT2D eigenvalue weighted by Crippen LogP contribution is 2.30. The van der Waals surface area contributed by atoms with Crippen molar-refractivity contribution in [2.75, 3.05) is 0 Å². The molecule has 0 aromatic carbocycles. The highest BCUT2D eigenvalue weighted by molar-refractivity contribution is 14.1. The molecule has 1 aromatic heterocycles. The number of aromatic nitrogens is 1. The molecule has 0 radical (unpaired) electrons. The fourth-order valence-corrected chi connectivity index (χ4v) is 1.54. The summed E-state index contributed by atoms with van der Waals surface area (Å²) in [5.41, 5.74) is -0.260. The van der Waals surface area contributed by atoms with Gasteiger partial charge in [-0.25, -0.2) is 13.8 Å². The first-order valence-corrected chi connectivity index (χ1v) is 4.68. The molecule has 0 spiro atoms. The Kier molecular flexibility index (Phi) is 3.33. The van der Waals surface area contributed by atoms with Gasteiger partial charge >= 0.3 is 0 Å². The zero-order valence-corrected chi connectivity index (χ0v) is 9.24. The Balaban J connectivity index is 3.27. The van der Waals surface area contributed by atoms with Crippen molar-refractivity contribution in [3.05, 3.63) is 25.8 Å². The zero-order valence-electron chi connectivity index (χ0n) is 5.49. The molecule has 6 heteroatoms. The van der Waals surface area contributed by atoms with Gasteiger partial charge in [0.05, 0.1) is 10.0 Å². The van der Waals surface area contributed by atoms with Gasteiger partial charge < -0.3 is 0 Å². The van der Waals surface area contributed by atoms with Crippen LogP contribution >= 0.6 is 38.5 Å². The molecule has 0 N–H and O–H groups in total. The summed E-state index contributed by atoms with van der Waals surface area (Å²) in [5, 5.41) is 0.